The van der Waals surface area contributed by atoms with Crippen LogP contribution in [0.1, 0.15) is 60.2 Å². The Bertz CT molecular complexity index is 2180. The molecule has 0 radical (unpaired) electrons. The summed E-state index contributed by atoms with van der Waals surface area (Å²) >= 11 is 0. The maximum atomic E-state index is 5.19. The van der Waals surface area contributed by atoms with E-state index in [4.69, 9.17) is 5.32 Å². The van der Waals surface area contributed by atoms with Crippen molar-refractivity contribution in [2.75, 3.05) is 0 Å². The van der Waals surface area contributed by atoms with E-state index in [0.29, 0.717) is 0 Å². The summed E-state index contributed by atoms with van der Waals surface area (Å²) in [6.45, 7) is 4.71. The summed E-state index contributed by atoms with van der Waals surface area (Å²) in [5.74, 6) is 0. The summed E-state index contributed by atoms with van der Waals surface area (Å²) in [7, 11) is 0. The monoisotopic (exact) mass is 595 g/mol. The molecule has 1 saturated heterocycles. The molecule has 6 aromatic carbocycles. The minimum atomic E-state index is -0.138. The number of benzene rings is 6. The second kappa shape index (κ2) is 10.5. The van der Waals surface area contributed by atoms with Crippen LogP contribution in [0.2, 0.25) is 0 Å². The van der Waals surface area contributed by atoms with Crippen molar-refractivity contribution < 1.29 is 0 Å². The third kappa shape index (κ3) is 4.26. The van der Waals surface area contributed by atoms with E-state index in [-0.39, 0.29) is 23.9 Å². The fourth-order valence-corrected chi connectivity index (χ4v) is 7.71. The number of hydrogen-bond acceptors (Lipinski definition) is 2. The molecular weight excluding hydrogens is 560 g/mol. The van der Waals surface area contributed by atoms with Crippen LogP contribution in [0, 0.1) is 0 Å². The molecule has 1 aliphatic carbocycles. The van der Waals surface area contributed by atoms with Crippen molar-refractivity contribution in [2.45, 2.75) is 37.8 Å². The van der Waals surface area contributed by atoms with Crippen molar-refractivity contribution in [1.29, 1.82) is 0 Å². The lowest BCUT2D eigenvalue weighted by molar-refractivity contribution is 0.316. The summed E-state index contributed by atoms with van der Waals surface area (Å²) in [6, 6.07) is 52.6. The van der Waals surface area contributed by atoms with Crippen molar-refractivity contribution in [3.05, 3.63) is 179 Å². The van der Waals surface area contributed by atoms with E-state index in [2.05, 4.69) is 175 Å². The van der Waals surface area contributed by atoms with E-state index in [1.807, 2.05) is 0 Å². The van der Waals surface area contributed by atoms with Crippen molar-refractivity contribution in [2.24, 2.45) is 0 Å². The SMILES string of the molecule is CC1(C)c2ccccc2-c2cc3c4ccccc4n(-c4cccc(C5NC(c6ccccc6)[N-]C(c6ccccc6)N5)c4)c3cc21. The quantitative estimate of drug-likeness (QED) is 0.213. The lowest BCUT2D eigenvalue weighted by Crippen LogP contribution is -2.44. The van der Waals surface area contributed by atoms with Crippen LogP contribution in [-0.4, -0.2) is 4.57 Å². The van der Waals surface area contributed by atoms with Crippen LogP contribution >= 0.6 is 0 Å². The number of nitrogens with zero attached hydrogens (tertiary/aromatic N) is 2. The van der Waals surface area contributed by atoms with E-state index >= 15 is 0 Å². The first kappa shape index (κ1) is 27.3. The van der Waals surface area contributed by atoms with Gasteiger partial charge in [-0.3, -0.25) is 0 Å². The van der Waals surface area contributed by atoms with Gasteiger partial charge >= 0.3 is 0 Å². The van der Waals surface area contributed by atoms with Gasteiger partial charge in [0.1, 0.15) is 0 Å². The van der Waals surface area contributed by atoms with E-state index in [1.165, 1.54) is 49.6 Å². The van der Waals surface area contributed by atoms with Gasteiger partial charge in [-0.1, -0.05) is 153 Å². The number of aromatic nitrogens is 1. The highest BCUT2D eigenvalue weighted by atomic mass is 15.4. The molecule has 4 heteroatoms. The molecule has 4 nitrogen and oxygen atoms in total. The third-order valence-electron chi connectivity index (χ3n) is 10.0. The van der Waals surface area contributed by atoms with Crippen LogP contribution in [0.4, 0.5) is 0 Å². The molecule has 46 heavy (non-hydrogen) atoms. The average molecular weight is 596 g/mol. The van der Waals surface area contributed by atoms with Crippen LogP contribution in [0.25, 0.3) is 43.9 Å². The summed E-state index contributed by atoms with van der Waals surface area (Å²) in [4.78, 5) is 0. The molecule has 1 aliphatic heterocycles. The Morgan fingerprint density at radius 2 is 1.15 bits per heavy atom. The normalized spacial score (nSPS) is 20.1. The van der Waals surface area contributed by atoms with Crippen LogP contribution in [0.3, 0.4) is 0 Å². The molecule has 2 heterocycles. The van der Waals surface area contributed by atoms with Gasteiger partial charge in [0.05, 0.1) is 17.2 Å². The molecule has 0 spiro atoms. The molecule has 1 fully saturated rings. The molecule has 9 rings (SSSR count). The lowest BCUT2D eigenvalue weighted by atomic mass is 9.82. The lowest BCUT2D eigenvalue weighted by Gasteiger charge is -2.50. The minimum absolute atomic E-state index is 0.0679. The van der Waals surface area contributed by atoms with Gasteiger partial charge in [0, 0.05) is 21.9 Å². The first-order chi connectivity index (χ1) is 22.6. The van der Waals surface area contributed by atoms with Gasteiger partial charge in [0.15, 0.2) is 0 Å². The van der Waals surface area contributed by atoms with Gasteiger partial charge in [0.25, 0.3) is 0 Å². The zero-order valence-corrected chi connectivity index (χ0v) is 26.0. The Morgan fingerprint density at radius 1 is 0.522 bits per heavy atom. The largest absolute Gasteiger partial charge is 0.624 e. The van der Waals surface area contributed by atoms with E-state index in [1.54, 1.807) is 0 Å². The average Bonchev–Trinajstić information content (AvgIpc) is 3.56. The van der Waals surface area contributed by atoms with Crippen LogP contribution in [-0.2, 0) is 5.41 Å². The molecule has 0 bridgehead atoms. The maximum Gasteiger partial charge on any atom is 0.0815 e. The Kier molecular flexibility index (Phi) is 6.26. The van der Waals surface area contributed by atoms with Crippen molar-refractivity contribution in [3.63, 3.8) is 0 Å². The zero-order chi connectivity index (χ0) is 30.8. The zero-order valence-electron chi connectivity index (χ0n) is 26.0. The van der Waals surface area contributed by atoms with Crippen LogP contribution in [0.5, 0.6) is 0 Å². The fourth-order valence-electron chi connectivity index (χ4n) is 7.71. The Morgan fingerprint density at radius 3 is 1.89 bits per heavy atom. The highest BCUT2D eigenvalue weighted by Crippen LogP contribution is 2.51. The highest BCUT2D eigenvalue weighted by molar-refractivity contribution is 6.11. The number of rotatable bonds is 4. The number of fused-ring (bicyclic) bond motifs is 6. The second-order valence-electron chi connectivity index (χ2n) is 13.1. The fraction of sp³-hybridized carbons (Fsp3) is 0.143. The number of hydrogen-bond donors (Lipinski definition) is 2. The molecule has 7 aromatic rings. The topological polar surface area (TPSA) is 43.1 Å². The first-order valence-corrected chi connectivity index (χ1v) is 16.2. The molecule has 2 atom stereocenters. The summed E-state index contributed by atoms with van der Waals surface area (Å²) in [5, 5.41) is 15.3. The molecule has 224 valence electrons. The first-order valence-electron chi connectivity index (χ1n) is 16.2. The predicted octanol–water partition coefficient (Wildman–Crippen LogP) is 10.1. The van der Waals surface area contributed by atoms with Crippen LogP contribution < -0.4 is 10.6 Å². The molecule has 0 amide bonds. The molecule has 2 N–H and O–H groups in total. The number of para-hydroxylation sites is 1. The van der Waals surface area contributed by atoms with Crippen molar-refractivity contribution in [3.8, 4) is 16.8 Å². The van der Waals surface area contributed by atoms with E-state index in [0.717, 1.165) is 16.8 Å². The van der Waals surface area contributed by atoms with Gasteiger partial charge < -0.3 is 20.5 Å². The van der Waals surface area contributed by atoms with Gasteiger partial charge in [-0.25, -0.2) is 0 Å². The van der Waals surface area contributed by atoms with Gasteiger partial charge in [-0.2, -0.15) is 0 Å². The second-order valence-corrected chi connectivity index (χ2v) is 13.1. The predicted molar refractivity (Wildman–Crippen MR) is 189 cm³/mol. The van der Waals surface area contributed by atoms with Gasteiger partial charge in [0.2, 0.25) is 0 Å². The summed E-state index contributed by atoms with van der Waals surface area (Å²) in [6.07, 6.45) is -0.374. The summed E-state index contributed by atoms with van der Waals surface area (Å²) in [5.41, 5.74) is 12.5. The van der Waals surface area contributed by atoms with Gasteiger partial charge in [-0.15, -0.1) is 0 Å². The minimum Gasteiger partial charge on any atom is -0.624 e. The molecule has 1 aromatic heterocycles. The summed E-state index contributed by atoms with van der Waals surface area (Å²) < 4.78 is 2.45. The molecule has 2 aliphatic rings. The Balaban J connectivity index is 1.18. The van der Waals surface area contributed by atoms with E-state index in [9.17, 15) is 0 Å². The molecule has 2 unspecified atom stereocenters. The van der Waals surface area contributed by atoms with Crippen LogP contribution in [0.15, 0.2) is 146 Å². The smallest absolute Gasteiger partial charge is 0.0815 e. The Hall–Kier alpha value is -5.00. The molecular formula is C42H35N4-. The highest BCUT2D eigenvalue weighted by Gasteiger charge is 2.36. The molecule has 0 saturated carbocycles. The Labute approximate surface area is 269 Å². The van der Waals surface area contributed by atoms with Crippen molar-refractivity contribution in [1.82, 2.24) is 15.2 Å². The van der Waals surface area contributed by atoms with Crippen molar-refractivity contribution >= 4 is 21.8 Å². The number of nitrogens with one attached hydrogen (secondary N) is 2. The standard InChI is InChI=1S/C42H35N4/c1-42(2)35-22-11-9-20-31(35)33-25-34-32-21-10-12-23-37(32)46(38(34)26-36(33)42)30-19-13-18-29(24-30)41-44-39(27-14-5-3-6-15-27)43-40(45-41)28-16-7-4-8-17-28/h3-26,39-41,44-45H,1-2H3/q-1. The van der Waals surface area contributed by atoms with E-state index < -0.39 is 0 Å². The maximum absolute atomic E-state index is 5.19. The third-order valence-corrected chi connectivity index (χ3v) is 10.0. The van der Waals surface area contributed by atoms with Gasteiger partial charge in [-0.05, 0) is 58.1 Å².